The van der Waals surface area contributed by atoms with Crippen molar-refractivity contribution in [2.45, 2.75) is 19.8 Å². The number of carbonyl (C=O) groups is 1. The van der Waals surface area contributed by atoms with E-state index >= 15 is 0 Å². The van der Waals surface area contributed by atoms with Crippen LogP contribution in [0.25, 0.3) is 11.3 Å². The molecule has 6 nitrogen and oxygen atoms in total. The highest BCUT2D eigenvalue weighted by atomic mass is 79.9. The number of nitrogens with zero attached hydrogens (tertiary/aromatic N) is 2. The molecule has 0 saturated heterocycles. The Labute approximate surface area is 143 Å². The van der Waals surface area contributed by atoms with Crippen molar-refractivity contribution >= 4 is 21.9 Å². The molecule has 0 aliphatic carbocycles. The molecular formula is C16H19BrN2O4. The molecular weight excluding hydrogens is 364 g/mol. The van der Waals surface area contributed by atoms with Crippen LogP contribution in [-0.2, 0) is 7.05 Å². The van der Waals surface area contributed by atoms with E-state index in [0.717, 1.165) is 15.6 Å². The minimum atomic E-state index is -1.06. The van der Waals surface area contributed by atoms with Crippen LogP contribution in [0.15, 0.2) is 16.6 Å². The standard InChI is InChI=1S/C16H19BrN2O4/c1-8(2)13-14(9(17)6-12(22-4)15(13)23-5)11-7-10(16(20)21)18-19(11)3/h6-8H,1-5H3,(H,20,21). The first-order valence-corrected chi connectivity index (χ1v) is 7.83. The fourth-order valence-electron chi connectivity index (χ4n) is 2.61. The minimum absolute atomic E-state index is 0.00103. The fourth-order valence-corrected chi connectivity index (χ4v) is 3.23. The van der Waals surface area contributed by atoms with E-state index < -0.39 is 5.97 Å². The van der Waals surface area contributed by atoms with Gasteiger partial charge in [-0.25, -0.2) is 4.79 Å². The maximum atomic E-state index is 11.2. The van der Waals surface area contributed by atoms with Crippen LogP contribution in [0.3, 0.4) is 0 Å². The van der Waals surface area contributed by atoms with Crippen LogP contribution in [0.4, 0.5) is 0 Å². The molecule has 0 fully saturated rings. The molecule has 0 atom stereocenters. The molecule has 0 radical (unpaired) electrons. The van der Waals surface area contributed by atoms with Gasteiger partial charge in [-0.15, -0.1) is 0 Å². The van der Waals surface area contributed by atoms with E-state index in [2.05, 4.69) is 21.0 Å². The smallest absolute Gasteiger partial charge is 0.356 e. The normalized spacial score (nSPS) is 10.9. The summed E-state index contributed by atoms with van der Waals surface area (Å²) in [6.45, 7) is 4.09. The van der Waals surface area contributed by atoms with Gasteiger partial charge in [-0.1, -0.05) is 13.8 Å². The zero-order chi connectivity index (χ0) is 17.3. The van der Waals surface area contributed by atoms with Crippen LogP contribution in [0, 0.1) is 0 Å². The van der Waals surface area contributed by atoms with E-state index in [1.54, 1.807) is 32.0 Å². The molecule has 124 valence electrons. The molecule has 0 spiro atoms. The van der Waals surface area contributed by atoms with E-state index in [0.29, 0.717) is 17.2 Å². The lowest BCUT2D eigenvalue weighted by Crippen LogP contribution is -2.04. The van der Waals surface area contributed by atoms with E-state index in [1.807, 2.05) is 19.9 Å². The van der Waals surface area contributed by atoms with Crippen LogP contribution in [0.5, 0.6) is 11.5 Å². The van der Waals surface area contributed by atoms with Gasteiger partial charge in [-0.3, -0.25) is 4.68 Å². The summed E-state index contributed by atoms with van der Waals surface area (Å²) < 4.78 is 13.3. The Balaban J connectivity index is 2.83. The molecule has 23 heavy (non-hydrogen) atoms. The predicted molar refractivity (Wildman–Crippen MR) is 90.5 cm³/mol. The number of hydrogen-bond donors (Lipinski definition) is 1. The molecule has 2 rings (SSSR count). The van der Waals surface area contributed by atoms with Gasteiger partial charge in [0.05, 0.1) is 19.9 Å². The van der Waals surface area contributed by atoms with Gasteiger partial charge in [-0.2, -0.15) is 5.10 Å². The first kappa shape index (κ1) is 17.3. The first-order valence-electron chi connectivity index (χ1n) is 7.03. The molecule has 2 aromatic rings. The number of aromatic carboxylic acids is 1. The summed E-state index contributed by atoms with van der Waals surface area (Å²) in [4.78, 5) is 11.2. The quantitative estimate of drug-likeness (QED) is 0.853. The van der Waals surface area contributed by atoms with Crippen LogP contribution in [0.2, 0.25) is 0 Å². The Kier molecular flexibility index (Phi) is 4.99. The number of halogens is 1. The predicted octanol–water partition coefficient (Wildman–Crippen LogP) is 3.69. The summed E-state index contributed by atoms with van der Waals surface area (Å²) in [5, 5.41) is 13.2. The lowest BCUT2D eigenvalue weighted by molar-refractivity contribution is 0.0689. The van der Waals surface area contributed by atoms with Gasteiger partial charge in [0.15, 0.2) is 17.2 Å². The second-order valence-corrected chi connectivity index (χ2v) is 6.24. The maximum Gasteiger partial charge on any atom is 0.356 e. The molecule has 1 N–H and O–H groups in total. The van der Waals surface area contributed by atoms with E-state index in [9.17, 15) is 4.79 Å². The van der Waals surface area contributed by atoms with Crippen molar-refractivity contribution in [3.05, 3.63) is 27.9 Å². The fraction of sp³-hybridized carbons (Fsp3) is 0.375. The second-order valence-electron chi connectivity index (χ2n) is 5.38. The molecule has 1 aromatic heterocycles. The first-order chi connectivity index (χ1) is 10.8. The average Bonchev–Trinajstić information content (AvgIpc) is 2.87. The Morgan fingerprint density at radius 1 is 1.30 bits per heavy atom. The van der Waals surface area contributed by atoms with Gasteiger partial charge in [-0.05, 0) is 34.0 Å². The number of aromatic nitrogens is 2. The van der Waals surface area contributed by atoms with Crippen molar-refractivity contribution in [2.24, 2.45) is 7.05 Å². The molecule has 0 aliphatic rings. The Morgan fingerprint density at radius 3 is 2.39 bits per heavy atom. The summed E-state index contributed by atoms with van der Waals surface area (Å²) in [6, 6.07) is 3.37. The summed E-state index contributed by atoms with van der Waals surface area (Å²) in [6.07, 6.45) is 0. The van der Waals surface area contributed by atoms with Gasteiger partial charge in [0, 0.05) is 22.6 Å². The highest BCUT2D eigenvalue weighted by Gasteiger charge is 2.25. The number of rotatable bonds is 5. The molecule has 0 amide bonds. The molecule has 0 unspecified atom stereocenters. The SMILES string of the molecule is COc1cc(Br)c(-c2cc(C(=O)O)nn2C)c(C(C)C)c1OC. The van der Waals surface area contributed by atoms with Crippen molar-refractivity contribution in [3.8, 4) is 22.8 Å². The third kappa shape index (κ3) is 3.06. The molecule has 0 saturated carbocycles. The Morgan fingerprint density at radius 2 is 1.96 bits per heavy atom. The highest BCUT2D eigenvalue weighted by molar-refractivity contribution is 9.10. The third-order valence-corrected chi connectivity index (χ3v) is 4.22. The van der Waals surface area contributed by atoms with Crippen molar-refractivity contribution in [1.82, 2.24) is 9.78 Å². The van der Waals surface area contributed by atoms with Gasteiger partial charge in [0.25, 0.3) is 0 Å². The number of benzene rings is 1. The Hall–Kier alpha value is -2.02. The number of methoxy groups -OCH3 is 2. The lowest BCUT2D eigenvalue weighted by atomic mass is 9.93. The molecule has 7 heteroatoms. The van der Waals surface area contributed by atoms with Gasteiger partial charge in [0.1, 0.15) is 0 Å². The summed E-state index contributed by atoms with van der Waals surface area (Å²) in [7, 11) is 4.89. The number of ether oxygens (including phenoxy) is 2. The van der Waals surface area contributed by atoms with E-state index in [-0.39, 0.29) is 11.6 Å². The van der Waals surface area contributed by atoms with Crippen molar-refractivity contribution in [2.75, 3.05) is 14.2 Å². The highest BCUT2D eigenvalue weighted by Crippen LogP contribution is 2.46. The monoisotopic (exact) mass is 382 g/mol. The van der Waals surface area contributed by atoms with Gasteiger partial charge >= 0.3 is 5.97 Å². The Bertz CT molecular complexity index is 753. The van der Waals surface area contributed by atoms with E-state index in [4.69, 9.17) is 14.6 Å². The lowest BCUT2D eigenvalue weighted by Gasteiger charge is -2.21. The number of aryl methyl sites for hydroxylation is 1. The van der Waals surface area contributed by atoms with Gasteiger partial charge < -0.3 is 14.6 Å². The van der Waals surface area contributed by atoms with E-state index in [1.165, 1.54) is 0 Å². The van der Waals surface area contributed by atoms with Crippen molar-refractivity contribution in [3.63, 3.8) is 0 Å². The third-order valence-electron chi connectivity index (χ3n) is 3.59. The van der Waals surface area contributed by atoms with Gasteiger partial charge in [0.2, 0.25) is 0 Å². The maximum absolute atomic E-state index is 11.2. The van der Waals surface area contributed by atoms with Crippen LogP contribution >= 0.6 is 15.9 Å². The van der Waals surface area contributed by atoms with Crippen LogP contribution < -0.4 is 9.47 Å². The minimum Gasteiger partial charge on any atom is -0.493 e. The topological polar surface area (TPSA) is 73.6 Å². The number of carboxylic acids is 1. The molecule has 0 bridgehead atoms. The summed E-state index contributed by atoms with van der Waals surface area (Å²) in [5.74, 6) is 0.329. The zero-order valence-corrected chi connectivity index (χ0v) is 15.3. The van der Waals surface area contributed by atoms with Crippen molar-refractivity contribution in [1.29, 1.82) is 0 Å². The average molecular weight is 383 g/mol. The summed E-state index contributed by atoms with van der Waals surface area (Å²) >= 11 is 3.56. The molecule has 1 aromatic carbocycles. The largest absolute Gasteiger partial charge is 0.493 e. The number of hydrogen-bond acceptors (Lipinski definition) is 4. The summed E-state index contributed by atoms with van der Waals surface area (Å²) in [5.41, 5.74) is 2.47. The second kappa shape index (κ2) is 6.62. The molecule has 1 heterocycles. The van der Waals surface area contributed by atoms with Crippen LogP contribution in [-0.4, -0.2) is 35.1 Å². The molecule has 0 aliphatic heterocycles. The zero-order valence-electron chi connectivity index (χ0n) is 13.7. The number of carboxylic acid groups (broad SMARTS) is 1. The van der Waals surface area contributed by atoms with Crippen LogP contribution in [0.1, 0.15) is 35.8 Å². The van der Waals surface area contributed by atoms with Crippen molar-refractivity contribution < 1.29 is 19.4 Å².